The Hall–Kier alpha value is -2.69. The zero-order chi connectivity index (χ0) is 12.3. The number of aromatic nitrogens is 3. The summed E-state index contributed by atoms with van der Waals surface area (Å²) >= 11 is 0. The Kier molecular flexibility index (Phi) is 1.53. The highest BCUT2D eigenvalue weighted by molar-refractivity contribution is 5.94. The number of rotatable bonds is 0. The van der Waals surface area contributed by atoms with Crippen LogP contribution in [0.2, 0.25) is 0 Å². The average Bonchev–Trinajstić information content (AvgIpc) is 2.92. The first kappa shape index (κ1) is 9.35. The molecule has 0 saturated heterocycles. The van der Waals surface area contributed by atoms with Crippen LogP contribution in [0, 0.1) is 0 Å². The highest BCUT2D eigenvalue weighted by atomic mass is 16.1. The molecule has 0 aromatic rings. The van der Waals surface area contributed by atoms with Crippen molar-refractivity contribution in [3.8, 4) is 33.8 Å². The predicted molar refractivity (Wildman–Crippen MR) is 64.6 cm³/mol. The van der Waals surface area contributed by atoms with E-state index in [1.807, 2.05) is 0 Å². The van der Waals surface area contributed by atoms with Crippen molar-refractivity contribution in [1.82, 2.24) is 15.0 Å². The minimum atomic E-state index is -0.416. The lowest BCUT2D eigenvalue weighted by Crippen LogP contribution is -2.12. The van der Waals surface area contributed by atoms with E-state index in [1.54, 1.807) is 18.3 Å². The van der Waals surface area contributed by atoms with Gasteiger partial charge in [0.25, 0.3) is 5.56 Å². The second-order valence-corrected chi connectivity index (χ2v) is 4.11. The van der Waals surface area contributed by atoms with Crippen LogP contribution in [0.3, 0.4) is 0 Å². The van der Waals surface area contributed by atoms with Crippen molar-refractivity contribution in [1.29, 1.82) is 0 Å². The van der Waals surface area contributed by atoms with Gasteiger partial charge in [-0.05, 0) is 12.1 Å². The molecule has 0 fully saturated rings. The second kappa shape index (κ2) is 2.95. The minimum absolute atomic E-state index is 0.136. The average molecular weight is 235 g/mol. The van der Waals surface area contributed by atoms with E-state index in [0.717, 1.165) is 0 Å². The van der Waals surface area contributed by atoms with Gasteiger partial charge in [0, 0.05) is 17.3 Å². The summed E-state index contributed by atoms with van der Waals surface area (Å²) in [4.78, 5) is 35.9. The molecule has 3 heterocycles. The highest BCUT2D eigenvalue weighted by Gasteiger charge is 2.28. The van der Waals surface area contributed by atoms with Crippen LogP contribution in [0.15, 0.2) is 40.2 Å². The molecule has 0 N–H and O–H groups in total. The molecule has 0 saturated carbocycles. The molecule has 4 aliphatic rings. The number of fused-ring (bicyclic) bond motifs is 5. The summed E-state index contributed by atoms with van der Waals surface area (Å²) in [5.74, 6) is 0. The molecule has 3 aliphatic heterocycles. The van der Waals surface area contributed by atoms with Crippen LogP contribution in [0.1, 0.15) is 0 Å². The Labute approximate surface area is 101 Å². The summed E-state index contributed by atoms with van der Waals surface area (Å²) in [5.41, 5.74) is 2.48. The first-order valence-electron chi connectivity index (χ1n) is 5.39. The van der Waals surface area contributed by atoms with Crippen LogP contribution in [0.5, 0.6) is 0 Å². The molecule has 84 valence electrons. The van der Waals surface area contributed by atoms with Crippen molar-refractivity contribution in [2.45, 2.75) is 0 Å². The molecule has 0 spiro atoms. The van der Waals surface area contributed by atoms with Crippen molar-refractivity contribution in [3.05, 3.63) is 51.2 Å². The first-order chi connectivity index (χ1) is 8.75. The third-order valence-electron chi connectivity index (χ3n) is 3.09. The summed E-state index contributed by atoms with van der Waals surface area (Å²) in [7, 11) is 0. The summed E-state index contributed by atoms with van der Waals surface area (Å²) in [6.07, 6.45) is 3.13. The third-order valence-corrected chi connectivity index (χ3v) is 3.09. The van der Waals surface area contributed by atoms with Gasteiger partial charge in [-0.15, -0.1) is 0 Å². The Balaban J connectivity index is 2.34. The quantitative estimate of drug-likeness (QED) is 0.450. The molecule has 18 heavy (non-hydrogen) atoms. The maximum atomic E-state index is 11.9. The van der Waals surface area contributed by atoms with Crippen molar-refractivity contribution < 1.29 is 0 Å². The molecule has 0 unspecified atom stereocenters. The maximum absolute atomic E-state index is 11.9. The number of pyridine rings is 1. The molecule has 0 amide bonds. The SMILES string of the molecule is O=c1cccc2nc3c(=O)nc4cncc-4c-3c1-2. The van der Waals surface area contributed by atoms with E-state index in [0.29, 0.717) is 28.1 Å². The summed E-state index contributed by atoms with van der Waals surface area (Å²) in [6, 6.07) is 4.82. The van der Waals surface area contributed by atoms with E-state index in [1.165, 1.54) is 12.3 Å². The van der Waals surface area contributed by atoms with E-state index in [-0.39, 0.29) is 11.1 Å². The van der Waals surface area contributed by atoms with E-state index in [2.05, 4.69) is 15.0 Å². The van der Waals surface area contributed by atoms with Crippen LogP contribution in [-0.2, 0) is 0 Å². The molecule has 4 rings (SSSR count). The molecular formula is C13H5N3O2. The first-order valence-corrected chi connectivity index (χ1v) is 5.39. The van der Waals surface area contributed by atoms with Gasteiger partial charge >= 0.3 is 0 Å². The van der Waals surface area contributed by atoms with Gasteiger partial charge in [-0.1, -0.05) is 6.07 Å². The normalized spacial score (nSPS) is 11.8. The lowest BCUT2D eigenvalue weighted by Gasteiger charge is -2.03. The van der Waals surface area contributed by atoms with Crippen LogP contribution in [0.25, 0.3) is 33.8 Å². The fraction of sp³-hybridized carbons (Fsp3) is 0. The van der Waals surface area contributed by atoms with Crippen molar-refractivity contribution in [2.75, 3.05) is 0 Å². The lowest BCUT2D eigenvalue weighted by atomic mass is 9.99. The Morgan fingerprint density at radius 2 is 1.78 bits per heavy atom. The topological polar surface area (TPSA) is 72.8 Å². The molecule has 0 aromatic heterocycles. The molecule has 5 heteroatoms. The Morgan fingerprint density at radius 3 is 2.67 bits per heavy atom. The van der Waals surface area contributed by atoms with E-state index in [9.17, 15) is 9.59 Å². The molecule has 1 aliphatic carbocycles. The number of nitrogens with zero attached hydrogens (tertiary/aromatic N) is 3. The van der Waals surface area contributed by atoms with Gasteiger partial charge in [-0.3, -0.25) is 14.6 Å². The number of hydrogen-bond donors (Lipinski definition) is 0. The van der Waals surface area contributed by atoms with Crippen LogP contribution in [-0.4, -0.2) is 15.0 Å². The molecule has 0 radical (unpaired) electrons. The fourth-order valence-electron chi connectivity index (χ4n) is 2.34. The number of hydrogen-bond acceptors (Lipinski definition) is 5. The van der Waals surface area contributed by atoms with Gasteiger partial charge in [0.2, 0.25) is 0 Å². The third kappa shape index (κ3) is 0.982. The molecule has 0 atom stereocenters. The summed E-state index contributed by atoms with van der Waals surface area (Å²) in [5, 5.41) is 0. The largest absolute Gasteiger partial charge is 0.296 e. The molecule has 0 aromatic carbocycles. The van der Waals surface area contributed by atoms with E-state index in [4.69, 9.17) is 0 Å². The molecule has 5 nitrogen and oxygen atoms in total. The van der Waals surface area contributed by atoms with Crippen molar-refractivity contribution in [2.24, 2.45) is 0 Å². The second-order valence-electron chi connectivity index (χ2n) is 4.11. The number of benzene rings is 1. The van der Waals surface area contributed by atoms with Gasteiger partial charge < -0.3 is 0 Å². The van der Waals surface area contributed by atoms with Crippen molar-refractivity contribution >= 4 is 0 Å². The van der Waals surface area contributed by atoms with Gasteiger partial charge in [-0.2, -0.15) is 0 Å². The van der Waals surface area contributed by atoms with E-state index < -0.39 is 5.56 Å². The monoisotopic (exact) mass is 235 g/mol. The fourth-order valence-corrected chi connectivity index (χ4v) is 2.34. The lowest BCUT2D eigenvalue weighted by molar-refractivity contribution is 1.21. The van der Waals surface area contributed by atoms with Crippen LogP contribution >= 0.6 is 0 Å². The van der Waals surface area contributed by atoms with Gasteiger partial charge in [0.05, 0.1) is 23.1 Å². The van der Waals surface area contributed by atoms with Crippen LogP contribution in [0.4, 0.5) is 0 Å². The molecule has 0 bridgehead atoms. The minimum Gasteiger partial charge on any atom is -0.289 e. The zero-order valence-electron chi connectivity index (χ0n) is 9.04. The standard InChI is InChI=1S/C13H5N3O2/c17-9-3-1-2-7-11(9)10-6-4-14-5-8(6)16-13(18)12(10)15-7/h1-5H. The summed E-state index contributed by atoms with van der Waals surface area (Å²) in [6.45, 7) is 0. The van der Waals surface area contributed by atoms with Crippen LogP contribution < -0.4 is 11.0 Å². The Morgan fingerprint density at radius 1 is 0.889 bits per heavy atom. The maximum Gasteiger partial charge on any atom is 0.296 e. The Bertz CT molecular complexity index is 876. The van der Waals surface area contributed by atoms with Gasteiger partial charge in [-0.25, -0.2) is 9.97 Å². The van der Waals surface area contributed by atoms with Crippen molar-refractivity contribution in [3.63, 3.8) is 0 Å². The van der Waals surface area contributed by atoms with Gasteiger partial charge in [0.1, 0.15) is 5.69 Å². The summed E-state index contributed by atoms with van der Waals surface area (Å²) < 4.78 is 0. The molecular weight excluding hydrogens is 230 g/mol. The zero-order valence-corrected chi connectivity index (χ0v) is 9.04. The highest BCUT2D eigenvalue weighted by Crippen LogP contribution is 2.38. The van der Waals surface area contributed by atoms with E-state index >= 15 is 0 Å². The van der Waals surface area contributed by atoms with Gasteiger partial charge in [0.15, 0.2) is 5.43 Å². The predicted octanol–water partition coefficient (Wildman–Crippen LogP) is 0.782. The smallest absolute Gasteiger partial charge is 0.289 e.